The highest BCUT2D eigenvalue weighted by Gasteiger charge is 2.35. The number of benzene rings is 1. The summed E-state index contributed by atoms with van der Waals surface area (Å²) in [5.41, 5.74) is 1.95. The van der Waals surface area contributed by atoms with Crippen molar-refractivity contribution in [1.82, 2.24) is 5.32 Å². The Bertz CT molecular complexity index is 509. The van der Waals surface area contributed by atoms with Crippen molar-refractivity contribution in [1.29, 1.82) is 0 Å². The molecule has 0 atom stereocenters. The van der Waals surface area contributed by atoms with Crippen LogP contribution < -0.4 is 15.4 Å². The van der Waals surface area contributed by atoms with E-state index in [0.29, 0.717) is 4.75 Å². The summed E-state index contributed by atoms with van der Waals surface area (Å²) >= 11 is 1.98. The predicted molar refractivity (Wildman–Crippen MR) is 82.4 cm³/mol. The second kappa shape index (κ2) is 5.66. The maximum Gasteiger partial charge on any atom is 0.262 e. The maximum atomic E-state index is 11.3. The van der Waals surface area contributed by atoms with Crippen molar-refractivity contribution in [3.8, 4) is 5.75 Å². The van der Waals surface area contributed by atoms with Crippen molar-refractivity contribution in [2.75, 3.05) is 24.7 Å². The van der Waals surface area contributed by atoms with E-state index in [-0.39, 0.29) is 12.5 Å². The quantitative estimate of drug-likeness (QED) is 0.875. The molecule has 4 nitrogen and oxygen atoms in total. The Morgan fingerprint density at radius 3 is 3.00 bits per heavy atom. The molecule has 5 heteroatoms. The first-order chi connectivity index (χ1) is 9.71. The number of thioether (sulfide) groups is 1. The minimum atomic E-state index is -0.0848. The number of hydrogen-bond acceptors (Lipinski definition) is 4. The molecular weight excluding hydrogens is 272 g/mol. The van der Waals surface area contributed by atoms with Gasteiger partial charge in [-0.05, 0) is 36.8 Å². The average molecular weight is 292 g/mol. The third-order valence-corrected chi connectivity index (χ3v) is 5.57. The molecule has 0 unspecified atom stereocenters. The highest BCUT2D eigenvalue weighted by Crippen LogP contribution is 2.42. The van der Waals surface area contributed by atoms with E-state index in [1.54, 1.807) is 0 Å². The van der Waals surface area contributed by atoms with Crippen LogP contribution in [0.25, 0.3) is 0 Å². The third kappa shape index (κ3) is 2.79. The highest BCUT2D eigenvalue weighted by molar-refractivity contribution is 8.00. The standard InChI is InChI=1S/C15H20N2O2S/c1-20-15(5-2-6-15)10-16-8-11-3-4-13-12(7-11)17-14(18)9-19-13/h3-4,7,16H,2,5-6,8-10H2,1H3,(H,17,18). The van der Waals surface area contributed by atoms with E-state index < -0.39 is 0 Å². The van der Waals surface area contributed by atoms with Gasteiger partial charge >= 0.3 is 0 Å². The first-order valence-corrected chi connectivity index (χ1v) is 8.25. The summed E-state index contributed by atoms with van der Waals surface area (Å²) in [5, 5.41) is 6.38. The number of ether oxygens (including phenoxy) is 1. The fourth-order valence-electron chi connectivity index (χ4n) is 2.70. The summed E-state index contributed by atoms with van der Waals surface area (Å²) in [4.78, 5) is 11.3. The van der Waals surface area contributed by atoms with Crippen LogP contribution in [0.15, 0.2) is 18.2 Å². The number of carbonyl (C=O) groups excluding carboxylic acids is 1. The van der Waals surface area contributed by atoms with Crippen molar-refractivity contribution in [3.05, 3.63) is 23.8 Å². The molecule has 0 bridgehead atoms. The van der Waals surface area contributed by atoms with Gasteiger partial charge in [0.15, 0.2) is 6.61 Å². The van der Waals surface area contributed by atoms with E-state index in [2.05, 4.69) is 23.0 Å². The molecule has 1 aliphatic heterocycles. The molecule has 0 radical (unpaired) electrons. The number of rotatable bonds is 5. The van der Waals surface area contributed by atoms with Crippen molar-refractivity contribution >= 4 is 23.4 Å². The van der Waals surface area contributed by atoms with Crippen molar-refractivity contribution < 1.29 is 9.53 Å². The Hall–Kier alpha value is -1.20. The number of nitrogens with one attached hydrogen (secondary N) is 2. The molecule has 108 valence electrons. The Kier molecular flexibility index (Phi) is 3.89. The van der Waals surface area contributed by atoms with Gasteiger partial charge in [-0.2, -0.15) is 11.8 Å². The van der Waals surface area contributed by atoms with E-state index in [0.717, 1.165) is 24.5 Å². The van der Waals surface area contributed by atoms with Crippen LogP contribution in [0.3, 0.4) is 0 Å². The van der Waals surface area contributed by atoms with Crippen molar-refractivity contribution in [3.63, 3.8) is 0 Å². The van der Waals surface area contributed by atoms with E-state index in [1.165, 1.54) is 24.8 Å². The maximum absolute atomic E-state index is 11.3. The topological polar surface area (TPSA) is 50.4 Å². The van der Waals surface area contributed by atoms with E-state index in [1.807, 2.05) is 23.9 Å². The molecule has 0 spiro atoms. The first kappa shape index (κ1) is 13.8. The smallest absolute Gasteiger partial charge is 0.262 e. The van der Waals surface area contributed by atoms with Crippen LogP contribution in [0.5, 0.6) is 5.75 Å². The Morgan fingerprint density at radius 2 is 2.30 bits per heavy atom. The lowest BCUT2D eigenvalue weighted by atomic mass is 9.84. The van der Waals surface area contributed by atoms with Gasteiger partial charge in [0.2, 0.25) is 0 Å². The van der Waals surface area contributed by atoms with Gasteiger partial charge in [0.05, 0.1) is 5.69 Å². The van der Waals surface area contributed by atoms with Crippen LogP contribution in [0.4, 0.5) is 5.69 Å². The van der Waals surface area contributed by atoms with Gasteiger partial charge in [0, 0.05) is 17.8 Å². The second-order valence-corrected chi connectivity index (χ2v) is 6.79. The second-order valence-electron chi connectivity index (χ2n) is 5.51. The first-order valence-electron chi connectivity index (χ1n) is 7.02. The molecule has 20 heavy (non-hydrogen) atoms. The molecule has 3 rings (SSSR count). The molecule has 1 heterocycles. The van der Waals surface area contributed by atoms with E-state index in [4.69, 9.17) is 4.74 Å². The number of fused-ring (bicyclic) bond motifs is 1. The van der Waals surface area contributed by atoms with Crippen molar-refractivity contribution in [2.45, 2.75) is 30.6 Å². The zero-order valence-electron chi connectivity index (χ0n) is 11.7. The van der Waals surface area contributed by atoms with Crippen LogP contribution in [0.1, 0.15) is 24.8 Å². The predicted octanol–water partition coefficient (Wildman–Crippen LogP) is 2.39. The lowest BCUT2D eigenvalue weighted by Crippen LogP contribution is -2.43. The van der Waals surface area contributed by atoms with E-state index >= 15 is 0 Å². The van der Waals surface area contributed by atoms with E-state index in [9.17, 15) is 4.79 Å². The molecular formula is C15H20N2O2S. The monoisotopic (exact) mass is 292 g/mol. The number of carbonyl (C=O) groups is 1. The van der Waals surface area contributed by atoms with Gasteiger partial charge in [-0.25, -0.2) is 0 Å². The zero-order chi connectivity index (χ0) is 14.0. The molecule has 1 aromatic carbocycles. The van der Waals surface area contributed by atoms with Gasteiger partial charge in [-0.15, -0.1) is 0 Å². The Morgan fingerprint density at radius 1 is 1.45 bits per heavy atom. The summed E-state index contributed by atoms with van der Waals surface area (Å²) in [6.07, 6.45) is 6.18. The molecule has 0 aromatic heterocycles. The molecule has 2 aliphatic rings. The van der Waals surface area contributed by atoms with Crippen LogP contribution in [0, 0.1) is 0 Å². The molecule has 1 aliphatic carbocycles. The van der Waals surface area contributed by atoms with Crippen LogP contribution >= 0.6 is 11.8 Å². The summed E-state index contributed by atoms with van der Waals surface area (Å²) in [5.74, 6) is 0.673. The number of amides is 1. The molecule has 1 saturated carbocycles. The molecule has 0 saturated heterocycles. The molecule has 2 N–H and O–H groups in total. The summed E-state index contributed by atoms with van der Waals surface area (Å²) in [6.45, 7) is 1.99. The lowest BCUT2D eigenvalue weighted by molar-refractivity contribution is -0.118. The molecule has 1 fully saturated rings. The molecule has 1 aromatic rings. The number of anilines is 1. The summed E-state index contributed by atoms with van der Waals surface area (Å²) in [6, 6.07) is 5.97. The average Bonchev–Trinajstić information content (AvgIpc) is 2.41. The largest absolute Gasteiger partial charge is 0.482 e. The zero-order valence-corrected chi connectivity index (χ0v) is 12.5. The minimum Gasteiger partial charge on any atom is -0.482 e. The third-order valence-electron chi connectivity index (χ3n) is 4.15. The Balaban J connectivity index is 1.58. The summed E-state index contributed by atoms with van der Waals surface area (Å²) < 4.78 is 5.81. The van der Waals surface area contributed by atoms with Gasteiger partial charge in [0.25, 0.3) is 5.91 Å². The minimum absolute atomic E-state index is 0.0848. The Labute approximate surface area is 123 Å². The SMILES string of the molecule is CSC1(CNCc2ccc3c(c2)NC(=O)CO3)CCC1. The van der Waals surface area contributed by atoms with Crippen LogP contribution in [-0.2, 0) is 11.3 Å². The fraction of sp³-hybridized carbons (Fsp3) is 0.533. The highest BCUT2D eigenvalue weighted by atomic mass is 32.2. The normalized spacial score (nSPS) is 19.6. The van der Waals surface area contributed by atoms with Gasteiger partial charge in [-0.3, -0.25) is 4.79 Å². The van der Waals surface area contributed by atoms with Gasteiger partial charge in [-0.1, -0.05) is 12.5 Å². The molecule has 1 amide bonds. The van der Waals surface area contributed by atoms with Crippen LogP contribution in [-0.4, -0.2) is 30.1 Å². The van der Waals surface area contributed by atoms with Crippen LogP contribution in [0.2, 0.25) is 0 Å². The fourth-order valence-corrected chi connectivity index (χ4v) is 3.64. The van der Waals surface area contributed by atoms with Crippen molar-refractivity contribution in [2.24, 2.45) is 0 Å². The number of hydrogen-bond donors (Lipinski definition) is 2. The van der Waals surface area contributed by atoms with Gasteiger partial charge < -0.3 is 15.4 Å². The van der Waals surface area contributed by atoms with Gasteiger partial charge in [0.1, 0.15) is 5.75 Å². The summed E-state index contributed by atoms with van der Waals surface area (Å²) in [7, 11) is 0. The lowest BCUT2D eigenvalue weighted by Gasteiger charge is -2.40.